The van der Waals surface area contributed by atoms with E-state index < -0.39 is 17.6 Å². The Bertz CT molecular complexity index is 1110. The van der Waals surface area contributed by atoms with Crippen LogP contribution in [0.3, 0.4) is 0 Å². The fraction of sp³-hybridized carbons (Fsp3) is 0.304. The van der Waals surface area contributed by atoms with E-state index in [1.54, 1.807) is 24.3 Å². The fourth-order valence-corrected chi connectivity index (χ4v) is 3.15. The second-order valence-electron chi connectivity index (χ2n) is 8.23. The summed E-state index contributed by atoms with van der Waals surface area (Å²) < 4.78 is 28.8. The van der Waals surface area contributed by atoms with Crippen LogP contribution in [0.4, 0.5) is 8.78 Å². The molecule has 2 aromatic carbocycles. The van der Waals surface area contributed by atoms with Gasteiger partial charge in [-0.25, -0.2) is 13.6 Å². The van der Waals surface area contributed by atoms with E-state index in [2.05, 4.69) is 0 Å². The molecule has 0 saturated heterocycles. The molecule has 0 radical (unpaired) electrons. The van der Waals surface area contributed by atoms with Crippen LogP contribution in [0.2, 0.25) is 0 Å². The monoisotopic (exact) mass is 399 g/mol. The number of nitrogens with zero attached hydrogens (tertiary/aromatic N) is 1. The lowest BCUT2D eigenvalue weighted by Crippen LogP contribution is -2.28. The average Bonchev–Trinajstić information content (AvgIpc) is 2.64. The SMILES string of the molecule is CC(C)(C)CC(=O)On1c(CCc2cccc(F)c2F)cc(=O)c2ccccc21. The molecule has 0 aliphatic carbocycles. The summed E-state index contributed by atoms with van der Waals surface area (Å²) in [4.78, 5) is 30.6. The van der Waals surface area contributed by atoms with Gasteiger partial charge >= 0.3 is 5.97 Å². The van der Waals surface area contributed by atoms with E-state index in [1.807, 2.05) is 20.8 Å². The Labute approximate surface area is 167 Å². The molecule has 3 rings (SSSR count). The number of benzene rings is 2. The number of rotatable bonds is 5. The molecule has 3 aromatic rings. The van der Waals surface area contributed by atoms with Crippen molar-refractivity contribution in [3.8, 4) is 0 Å². The fourth-order valence-electron chi connectivity index (χ4n) is 3.15. The molecule has 152 valence electrons. The lowest BCUT2D eigenvalue weighted by Gasteiger charge is -2.20. The summed E-state index contributed by atoms with van der Waals surface area (Å²) >= 11 is 0. The van der Waals surface area contributed by atoms with Gasteiger partial charge in [-0.2, -0.15) is 4.73 Å². The first-order valence-electron chi connectivity index (χ1n) is 9.43. The summed E-state index contributed by atoms with van der Waals surface area (Å²) in [6.07, 6.45) is 0.535. The second kappa shape index (κ2) is 8.15. The van der Waals surface area contributed by atoms with Crippen molar-refractivity contribution in [3.05, 3.63) is 81.6 Å². The van der Waals surface area contributed by atoms with E-state index >= 15 is 0 Å². The third-order valence-corrected chi connectivity index (χ3v) is 4.50. The smallest absolute Gasteiger partial charge is 0.333 e. The van der Waals surface area contributed by atoms with Gasteiger partial charge in [0.15, 0.2) is 17.1 Å². The van der Waals surface area contributed by atoms with Crippen LogP contribution >= 0.6 is 0 Å². The van der Waals surface area contributed by atoms with Crippen molar-refractivity contribution < 1.29 is 18.4 Å². The summed E-state index contributed by atoms with van der Waals surface area (Å²) in [6.45, 7) is 5.77. The summed E-state index contributed by atoms with van der Waals surface area (Å²) in [5.74, 6) is -2.27. The normalized spacial score (nSPS) is 11.6. The van der Waals surface area contributed by atoms with Crippen LogP contribution in [0.15, 0.2) is 53.3 Å². The Morgan fingerprint density at radius 1 is 1.03 bits per heavy atom. The topological polar surface area (TPSA) is 48.3 Å². The Morgan fingerprint density at radius 3 is 2.48 bits per heavy atom. The lowest BCUT2D eigenvalue weighted by molar-refractivity contribution is -0.146. The Kier molecular flexibility index (Phi) is 5.82. The molecule has 6 heteroatoms. The first kappa shape index (κ1) is 20.7. The van der Waals surface area contributed by atoms with Crippen molar-refractivity contribution in [2.75, 3.05) is 0 Å². The highest BCUT2D eigenvalue weighted by Crippen LogP contribution is 2.20. The van der Waals surface area contributed by atoms with E-state index in [-0.39, 0.29) is 35.7 Å². The van der Waals surface area contributed by atoms with Crippen LogP contribution in [-0.4, -0.2) is 10.7 Å². The maximum Gasteiger partial charge on any atom is 0.333 e. The Hall–Kier alpha value is -3.02. The van der Waals surface area contributed by atoms with Crippen molar-refractivity contribution in [2.24, 2.45) is 5.41 Å². The minimum Gasteiger partial charge on any atom is -0.336 e. The molecule has 1 aromatic heterocycles. The molecule has 0 spiro atoms. The lowest BCUT2D eigenvalue weighted by atomic mass is 9.93. The van der Waals surface area contributed by atoms with Gasteiger partial charge < -0.3 is 4.84 Å². The number of aryl methyl sites for hydroxylation is 2. The third kappa shape index (κ3) is 4.88. The van der Waals surface area contributed by atoms with Crippen LogP contribution in [0.1, 0.15) is 38.4 Å². The van der Waals surface area contributed by atoms with Gasteiger partial charge in [-0.05, 0) is 42.0 Å². The maximum absolute atomic E-state index is 14.0. The second-order valence-corrected chi connectivity index (χ2v) is 8.23. The predicted molar refractivity (Wildman–Crippen MR) is 108 cm³/mol. The summed E-state index contributed by atoms with van der Waals surface area (Å²) in [5, 5.41) is 0.414. The number of carbonyl (C=O) groups is 1. The highest BCUT2D eigenvalue weighted by Gasteiger charge is 2.20. The molecule has 0 bridgehead atoms. The van der Waals surface area contributed by atoms with Crippen molar-refractivity contribution >= 4 is 16.9 Å². The van der Waals surface area contributed by atoms with Crippen molar-refractivity contribution in [1.29, 1.82) is 0 Å². The predicted octanol–water partition coefficient (Wildman–Crippen LogP) is 4.46. The number of halogens is 2. The molecule has 29 heavy (non-hydrogen) atoms. The zero-order valence-electron chi connectivity index (χ0n) is 16.7. The molecule has 0 saturated carbocycles. The van der Waals surface area contributed by atoms with Crippen LogP contribution in [-0.2, 0) is 17.6 Å². The van der Waals surface area contributed by atoms with Gasteiger partial charge in [0.25, 0.3) is 0 Å². The highest BCUT2D eigenvalue weighted by atomic mass is 19.2. The molecule has 0 aliphatic heterocycles. The van der Waals surface area contributed by atoms with E-state index in [0.717, 1.165) is 6.07 Å². The van der Waals surface area contributed by atoms with Crippen molar-refractivity contribution in [3.63, 3.8) is 0 Å². The summed E-state index contributed by atoms with van der Waals surface area (Å²) in [6, 6.07) is 12.2. The molecule has 4 nitrogen and oxygen atoms in total. The average molecular weight is 399 g/mol. The zero-order valence-corrected chi connectivity index (χ0v) is 16.7. The first-order chi connectivity index (χ1) is 13.7. The van der Waals surface area contributed by atoms with Gasteiger partial charge in [-0.3, -0.25) is 4.79 Å². The van der Waals surface area contributed by atoms with Gasteiger partial charge in [0.05, 0.1) is 17.6 Å². The standard InChI is InChI=1S/C23H23F2NO3/c1-23(2,3)14-21(28)29-26-16(12-11-15-7-6-9-18(24)22(15)25)13-20(27)17-8-4-5-10-19(17)26/h4-10,13H,11-12,14H2,1-3H3. The molecule has 0 aliphatic rings. The van der Waals surface area contributed by atoms with Crippen molar-refractivity contribution in [1.82, 2.24) is 4.73 Å². The largest absolute Gasteiger partial charge is 0.336 e. The maximum atomic E-state index is 14.0. The van der Waals surface area contributed by atoms with Crippen LogP contribution in [0.5, 0.6) is 0 Å². The van der Waals surface area contributed by atoms with Gasteiger partial charge in [0.1, 0.15) is 0 Å². The van der Waals surface area contributed by atoms with Crippen LogP contribution in [0, 0.1) is 17.0 Å². The minimum atomic E-state index is -0.921. The molecule has 0 atom stereocenters. The molecule has 0 unspecified atom stereocenters. The molecule has 0 N–H and O–H groups in total. The quantitative estimate of drug-likeness (QED) is 0.637. The Balaban J connectivity index is 2.00. The molecule has 0 amide bonds. The third-order valence-electron chi connectivity index (χ3n) is 4.50. The van der Waals surface area contributed by atoms with E-state index in [1.165, 1.54) is 22.9 Å². The minimum absolute atomic E-state index is 0.151. The summed E-state index contributed by atoms with van der Waals surface area (Å²) in [7, 11) is 0. The van der Waals surface area contributed by atoms with Gasteiger partial charge in [0.2, 0.25) is 0 Å². The van der Waals surface area contributed by atoms with Crippen LogP contribution < -0.4 is 10.3 Å². The van der Waals surface area contributed by atoms with Gasteiger partial charge in [0, 0.05) is 11.5 Å². The number of hydrogen-bond donors (Lipinski definition) is 0. The first-order valence-corrected chi connectivity index (χ1v) is 9.43. The number of pyridine rings is 1. The number of carbonyl (C=O) groups excluding carboxylic acids is 1. The molecule has 0 fully saturated rings. The van der Waals surface area contributed by atoms with E-state index in [9.17, 15) is 18.4 Å². The molecular formula is C23H23F2NO3. The van der Waals surface area contributed by atoms with Crippen LogP contribution in [0.25, 0.3) is 10.9 Å². The molecule has 1 heterocycles. The van der Waals surface area contributed by atoms with Gasteiger partial charge in [-0.1, -0.05) is 45.0 Å². The van der Waals surface area contributed by atoms with Gasteiger partial charge in [-0.15, -0.1) is 0 Å². The van der Waals surface area contributed by atoms with E-state index in [0.29, 0.717) is 16.6 Å². The van der Waals surface area contributed by atoms with Crippen molar-refractivity contribution in [2.45, 2.75) is 40.0 Å². The number of fused-ring (bicyclic) bond motifs is 1. The zero-order chi connectivity index (χ0) is 21.2. The number of hydrogen-bond acceptors (Lipinski definition) is 3. The van der Waals surface area contributed by atoms with E-state index in [4.69, 9.17) is 4.84 Å². The summed E-state index contributed by atoms with van der Waals surface area (Å²) in [5.41, 5.74) is 0.574. The number of para-hydroxylation sites is 1. The highest BCUT2D eigenvalue weighted by molar-refractivity contribution is 5.80. The number of aromatic nitrogens is 1. The Morgan fingerprint density at radius 2 is 1.76 bits per heavy atom. The molecular weight excluding hydrogens is 376 g/mol.